The number of rotatable bonds is 8. The van der Waals surface area contributed by atoms with Gasteiger partial charge < -0.3 is 19.3 Å². The van der Waals surface area contributed by atoms with Crippen molar-refractivity contribution in [3.8, 4) is 0 Å². The van der Waals surface area contributed by atoms with Crippen molar-refractivity contribution in [1.29, 1.82) is 0 Å². The van der Waals surface area contributed by atoms with Crippen molar-refractivity contribution in [2.45, 2.75) is 201 Å². The molecule has 67 heavy (non-hydrogen) atoms. The molecule has 370 valence electrons. The smallest absolute Gasteiger partial charge is 0.0681 e. The number of ether oxygens (including phenoxy) is 3. The first-order valence-corrected chi connectivity index (χ1v) is 26.1. The molecule has 0 saturated carbocycles. The lowest BCUT2D eigenvalue weighted by atomic mass is 9.65. The lowest BCUT2D eigenvalue weighted by Crippen LogP contribution is -2.39. The van der Waals surface area contributed by atoms with E-state index in [9.17, 15) is 5.11 Å². The van der Waals surface area contributed by atoms with Gasteiger partial charge in [0.1, 0.15) is 0 Å². The van der Waals surface area contributed by atoms with E-state index in [0.29, 0.717) is 65.7 Å². The molecule has 4 aliphatic carbocycles. The first kappa shape index (κ1) is 54.7. The Hall–Kier alpha value is -3.28. The number of benzene rings is 4. The second-order valence-corrected chi connectivity index (χ2v) is 24.1. The lowest BCUT2D eigenvalue weighted by molar-refractivity contribution is 0.0329. The number of hydrogen-bond acceptors (Lipinski definition) is 4. The largest absolute Gasteiger partial charge is 0.392 e. The molecule has 8 rings (SSSR count). The zero-order valence-corrected chi connectivity index (χ0v) is 45.5. The molecule has 0 heterocycles. The summed E-state index contributed by atoms with van der Waals surface area (Å²) in [5.41, 5.74) is 13.7. The molecule has 0 saturated heterocycles. The summed E-state index contributed by atoms with van der Waals surface area (Å²) >= 11 is 0. The van der Waals surface area contributed by atoms with Crippen LogP contribution in [0.3, 0.4) is 0 Å². The number of methoxy groups -OCH3 is 3. The number of aryl methyl sites for hydroxylation is 1. The molecule has 0 spiro atoms. The van der Waals surface area contributed by atoms with E-state index in [4.69, 9.17) is 14.2 Å². The van der Waals surface area contributed by atoms with Gasteiger partial charge >= 0.3 is 0 Å². The van der Waals surface area contributed by atoms with Crippen molar-refractivity contribution in [2.75, 3.05) is 21.3 Å². The van der Waals surface area contributed by atoms with Gasteiger partial charge in [-0.25, -0.2) is 0 Å². The molecule has 4 aromatic rings. The van der Waals surface area contributed by atoms with E-state index in [1.807, 2.05) is 21.3 Å². The SMILES string of the molecule is CC(C)[C@@H]1c2cc(CO)ccc2CC[C@@H]1C.CO[C@@H]1CC(C)(C)c2ccccc2[C@@H]1C(C)C.CO[C@@H]1CC(C)(C)c2ccccc2[C@@H]1C(C)C.CO[C@H]1CC(C)(C)c2ccccc2[C@H]1C(C)C. The van der Waals surface area contributed by atoms with Gasteiger partial charge in [0, 0.05) is 39.1 Å². The zero-order chi connectivity index (χ0) is 49.6. The maximum absolute atomic E-state index is 9.23. The molecule has 0 bridgehead atoms. The molecule has 4 nitrogen and oxygen atoms in total. The summed E-state index contributed by atoms with van der Waals surface area (Å²) < 4.78 is 17.3. The van der Waals surface area contributed by atoms with E-state index in [-0.39, 0.29) is 22.9 Å². The van der Waals surface area contributed by atoms with E-state index in [1.54, 1.807) is 0 Å². The first-order valence-electron chi connectivity index (χ1n) is 26.1. The maximum Gasteiger partial charge on any atom is 0.0681 e. The Labute approximate surface area is 410 Å². The lowest BCUT2D eigenvalue weighted by Gasteiger charge is -2.43. The van der Waals surface area contributed by atoms with E-state index in [0.717, 1.165) is 30.7 Å². The monoisotopic (exact) mass is 915 g/mol. The fraction of sp³-hybridized carbons (Fsp3) is 0.619. The van der Waals surface area contributed by atoms with Gasteiger partial charge in [-0.05, 0) is 134 Å². The fourth-order valence-electron chi connectivity index (χ4n) is 13.3. The summed E-state index contributed by atoms with van der Waals surface area (Å²) in [6.07, 6.45) is 6.88. The van der Waals surface area contributed by atoms with Crippen LogP contribution in [-0.2, 0) is 43.5 Å². The Kier molecular flexibility index (Phi) is 18.8. The van der Waals surface area contributed by atoms with E-state index in [2.05, 4.69) is 195 Å². The number of aliphatic hydroxyl groups excluding tert-OH is 1. The van der Waals surface area contributed by atoms with Crippen LogP contribution in [0.25, 0.3) is 0 Å². The molecule has 0 fully saturated rings. The zero-order valence-electron chi connectivity index (χ0n) is 45.5. The van der Waals surface area contributed by atoms with Crippen LogP contribution in [0.5, 0.6) is 0 Å². The van der Waals surface area contributed by atoms with Gasteiger partial charge in [0.15, 0.2) is 0 Å². The molecule has 0 aliphatic heterocycles. The molecule has 0 unspecified atom stereocenters. The highest BCUT2D eigenvalue weighted by Gasteiger charge is 2.43. The second-order valence-electron chi connectivity index (χ2n) is 24.1. The molecular weight excluding hydrogens is 821 g/mol. The molecule has 1 N–H and O–H groups in total. The van der Waals surface area contributed by atoms with Gasteiger partial charge in [0.05, 0.1) is 24.9 Å². The predicted octanol–water partition coefficient (Wildman–Crippen LogP) is 15.9. The normalized spacial score (nSPS) is 26.4. The molecule has 8 atom stereocenters. The fourth-order valence-corrected chi connectivity index (χ4v) is 13.3. The van der Waals surface area contributed by atoms with Crippen molar-refractivity contribution in [2.24, 2.45) is 29.6 Å². The summed E-state index contributed by atoms with van der Waals surface area (Å²) in [5.74, 6) is 5.57. The molecule has 4 aromatic carbocycles. The highest BCUT2D eigenvalue weighted by molar-refractivity contribution is 5.43. The number of hydrogen-bond donors (Lipinski definition) is 1. The molecule has 0 aromatic heterocycles. The minimum atomic E-state index is 0.159. The summed E-state index contributed by atoms with van der Waals surface area (Å²) in [7, 11) is 5.55. The molecule has 4 heteroatoms. The van der Waals surface area contributed by atoms with Crippen LogP contribution in [0.15, 0.2) is 91.0 Å². The Bertz CT molecular complexity index is 1970. The van der Waals surface area contributed by atoms with Crippen molar-refractivity contribution in [3.05, 3.63) is 141 Å². The average Bonchev–Trinajstić information content (AvgIpc) is 3.28. The van der Waals surface area contributed by atoms with Crippen molar-refractivity contribution < 1.29 is 19.3 Å². The van der Waals surface area contributed by atoms with Crippen LogP contribution in [0.4, 0.5) is 0 Å². The minimum Gasteiger partial charge on any atom is -0.392 e. The molecular formula is C63H94O4. The van der Waals surface area contributed by atoms with E-state index < -0.39 is 0 Å². The van der Waals surface area contributed by atoms with Crippen LogP contribution in [-0.4, -0.2) is 44.7 Å². The third-order valence-corrected chi connectivity index (χ3v) is 16.5. The predicted molar refractivity (Wildman–Crippen MR) is 285 cm³/mol. The minimum absolute atomic E-state index is 0.159. The van der Waals surface area contributed by atoms with Crippen LogP contribution >= 0.6 is 0 Å². The van der Waals surface area contributed by atoms with Gasteiger partial charge in [-0.2, -0.15) is 0 Å². The van der Waals surface area contributed by atoms with Crippen LogP contribution < -0.4 is 0 Å². The van der Waals surface area contributed by atoms with Gasteiger partial charge in [-0.15, -0.1) is 0 Å². The van der Waals surface area contributed by atoms with Crippen LogP contribution in [0, 0.1) is 29.6 Å². The summed E-state index contributed by atoms with van der Waals surface area (Å²) in [6.45, 7) is 34.9. The Morgan fingerprint density at radius 3 is 1.10 bits per heavy atom. The van der Waals surface area contributed by atoms with E-state index in [1.165, 1.54) is 57.3 Å². The summed E-state index contributed by atoms with van der Waals surface area (Å²) in [6, 6.07) is 33.1. The first-order chi connectivity index (χ1) is 31.5. The van der Waals surface area contributed by atoms with Gasteiger partial charge in [0.25, 0.3) is 0 Å². The van der Waals surface area contributed by atoms with Crippen molar-refractivity contribution >= 4 is 0 Å². The van der Waals surface area contributed by atoms with Gasteiger partial charge in [-0.3, -0.25) is 0 Å². The molecule has 0 amide bonds. The van der Waals surface area contributed by atoms with Crippen LogP contribution in [0.1, 0.15) is 203 Å². The van der Waals surface area contributed by atoms with Crippen molar-refractivity contribution in [1.82, 2.24) is 0 Å². The Morgan fingerprint density at radius 1 is 0.478 bits per heavy atom. The Balaban J connectivity index is 0.000000167. The topological polar surface area (TPSA) is 47.9 Å². The third-order valence-electron chi connectivity index (χ3n) is 16.5. The van der Waals surface area contributed by atoms with Gasteiger partial charge in [0.2, 0.25) is 0 Å². The Morgan fingerprint density at radius 2 is 0.806 bits per heavy atom. The van der Waals surface area contributed by atoms with E-state index >= 15 is 0 Å². The molecule has 4 aliphatic rings. The summed E-state index contributed by atoms with van der Waals surface area (Å²) in [5, 5.41) is 9.23. The molecule has 0 radical (unpaired) electrons. The third kappa shape index (κ3) is 12.4. The number of aliphatic hydroxyl groups is 1. The quantitative estimate of drug-likeness (QED) is 0.191. The van der Waals surface area contributed by atoms with Crippen molar-refractivity contribution in [3.63, 3.8) is 0 Å². The standard InChI is InChI=1S/3C16H24O.C15H22O/c3*1-11(2)15-12-8-6-7-9-13(12)16(3,4)10-14(15)17-5;1-10(2)15-11(3)4-6-13-7-5-12(9-16)8-14(13)15/h3*6-9,11,14-15H,10H2,1-5H3;5,7-8,10-11,15-16H,4,6,9H2,1-3H3/t3*14-,15+;11-,15-/m1100/s1. The highest BCUT2D eigenvalue weighted by atomic mass is 16.5. The average molecular weight is 915 g/mol. The second kappa shape index (κ2) is 23.1. The number of fused-ring (bicyclic) bond motifs is 4. The van der Waals surface area contributed by atoms with Crippen LogP contribution in [0.2, 0.25) is 0 Å². The maximum atomic E-state index is 9.23. The summed E-state index contributed by atoms with van der Waals surface area (Å²) in [4.78, 5) is 0. The highest BCUT2D eigenvalue weighted by Crippen LogP contribution is 2.49. The van der Waals surface area contributed by atoms with Gasteiger partial charge in [-0.1, -0.05) is 195 Å².